The fraction of sp³-hybridized carbons (Fsp3) is 0.156. The fourth-order valence-corrected chi connectivity index (χ4v) is 6.62. The van der Waals surface area contributed by atoms with Crippen molar-refractivity contribution < 1.29 is 18.7 Å². The Hall–Kier alpha value is -4.52. The molecule has 1 atom stereocenters. The van der Waals surface area contributed by atoms with Gasteiger partial charge in [0.15, 0.2) is 11.0 Å². The smallest absolute Gasteiger partial charge is 0.254 e. The second kappa shape index (κ2) is 13.6. The van der Waals surface area contributed by atoms with Gasteiger partial charge in [-0.15, -0.1) is 21.5 Å². The number of hydrogen-bond donors (Lipinski definition) is 1. The molecule has 1 aliphatic heterocycles. The maximum absolute atomic E-state index is 14.2. The van der Waals surface area contributed by atoms with Gasteiger partial charge in [0.2, 0.25) is 0 Å². The molecule has 2 aromatic heterocycles. The molecule has 0 radical (unpaired) electrons. The molecule has 0 spiro atoms. The van der Waals surface area contributed by atoms with Crippen molar-refractivity contribution in [1.29, 1.82) is 0 Å². The molecule has 0 saturated carbocycles. The Bertz CT molecular complexity index is 1860. The number of thioether (sulfide) groups is 1. The number of methoxy groups -OCH3 is 1. The number of rotatable bonds is 10. The fourth-order valence-electron chi connectivity index (χ4n) is 4.89. The van der Waals surface area contributed by atoms with E-state index in [2.05, 4.69) is 15.5 Å². The molecule has 2 amide bonds. The Balaban J connectivity index is 1.24. The molecular weight excluding hydrogens is 635 g/mol. The van der Waals surface area contributed by atoms with Gasteiger partial charge in [0.1, 0.15) is 11.6 Å². The van der Waals surface area contributed by atoms with Crippen molar-refractivity contribution in [2.45, 2.75) is 24.2 Å². The summed E-state index contributed by atoms with van der Waals surface area (Å²) in [6.07, 6.45) is 0.577. The Morgan fingerprint density at radius 1 is 1.07 bits per heavy atom. The lowest BCUT2D eigenvalue weighted by Crippen LogP contribution is -2.28. The maximum atomic E-state index is 14.2. The topological polar surface area (TPSA) is 102 Å². The lowest BCUT2D eigenvalue weighted by Gasteiger charge is -2.22. The van der Waals surface area contributed by atoms with Crippen LogP contribution in [0.4, 0.5) is 4.39 Å². The van der Waals surface area contributed by atoms with E-state index in [-0.39, 0.29) is 29.8 Å². The van der Waals surface area contributed by atoms with E-state index in [0.29, 0.717) is 28.1 Å². The normalized spacial score (nSPS) is 14.3. The zero-order valence-corrected chi connectivity index (χ0v) is 26.3. The summed E-state index contributed by atoms with van der Waals surface area (Å²) in [5.41, 5.74) is 2.36. The SMILES string of the molecule is COc1ccc(C2CC(c3cccs3)=NN2C(=O)CSc2nnc(CNC(=O)c3ccccc3F)n2-c2cccc(Cl)c2)cc1. The highest BCUT2D eigenvalue weighted by molar-refractivity contribution is 7.99. The first-order valence-electron chi connectivity index (χ1n) is 13.8. The van der Waals surface area contributed by atoms with Crippen molar-refractivity contribution in [2.24, 2.45) is 5.10 Å². The van der Waals surface area contributed by atoms with Gasteiger partial charge in [0.05, 0.1) is 47.3 Å². The molecule has 0 fully saturated rings. The van der Waals surface area contributed by atoms with Crippen LogP contribution in [-0.4, -0.2) is 50.2 Å². The summed E-state index contributed by atoms with van der Waals surface area (Å²) in [4.78, 5) is 27.5. The standard InChI is InChI=1S/C32H26ClFN6O3S2/c1-43-23-13-11-20(12-14-23)27-17-26(28-10-5-15-44-28)38-40(27)30(41)19-45-32-37-36-29(39(32)22-7-4-6-21(33)16-22)18-35-31(42)24-8-2-3-9-25(24)34/h2-16,27H,17-19H2,1H3,(H,35,42). The number of thiophene rings is 1. The van der Waals surface area contributed by atoms with Gasteiger partial charge in [-0.25, -0.2) is 9.40 Å². The number of nitrogens with one attached hydrogen (secondary N) is 1. The number of nitrogens with zero attached hydrogens (tertiary/aromatic N) is 5. The van der Waals surface area contributed by atoms with Gasteiger partial charge in [-0.2, -0.15) is 5.10 Å². The van der Waals surface area contributed by atoms with Crippen LogP contribution in [0.15, 0.2) is 101 Å². The van der Waals surface area contributed by atoms with Gasteiger partial charge < -0.3 is 10.1 Å². The monoisotopic (exact) mass is 660 g/mol. The molecule has 1 aliphatic rings. The van der Waals surface area contributed by atoms with Gasteiger partial charge in [-0.1, -0.05) is 59.8 Å². The Morgan fingerprint density at radius 3 is 2.62 bits per heavy atom. The van der Waals surface area contributed by atoms with Crippen molar-refractivity contribution in [2.75, 3.05) is 12.9 Å². The lowest BCUT2D eigenvalue weighted by molar-refractivity contribution is -0.130. The van der Waals surface area contributed by atoms with Crippen molar-refractivity contribution in [3.05, 3.63) is 123 Å². The van der Waals surface area contributed by atoms with Crippen molar-refractivity contribution in [3.63, 3.8) is 0 Å². The molecule has 0 aliphatic carbocycles. The predicted octanol–water partition coefficient (Wildman–Crippen LogP) is 6.53. The van der Waals surface area contributed by atoms with Crippen LogP contribution in [0.2, 0.25) is 5.02 Å². The molecule has 6 rings (SSSR count). The number of amides is 2. The van der Waals surface area contributed by atoms with E-state index in [9.17, 15) is 14.0 Å². The third-order valence-electron chi connectivity index (χ3n) is 7.09. The van der Waals surface area contributed by atoms with E-state index in [1.165, 1.54) is 30.0 Å². The summed E-state index contributed by atoms with van der Waals surface area (Å²) in [7, 11) is 1.61. The van der Waals surface area contributed by atoms with Gasteiger partial charge in [0, 0.05) is 11.4 Å². The van der Waals surface area contributed by atoms with Gasteiger partial charge in [0.25, 0.3) is 11.8 Å². The summed E-state index contributed by atoms with van der Waals surface area (Å²) < 4.78 is 21.2. The van der Waals surface area contributed by atoms with Crippen molar-refractivity contribution >= 4 is 52.2 Å². The number of hydrogen-bond acceptors (Lipinski definition) is 8. The Morgan fingerprint density at radius 2 is 1.89 bits per heavy atom. The number of ether oxygens (including phenoxy) is 1. The van der Waals surface area contributed by atoms with E-state index in [4.69, 9.17) is 21.4 Å². The van der Waals surface area contributed by atoms with Crippen LogP contribution in [0, 0.1) is 5.82 Å². The molecule has 0 saturated heterocycles. The van der Waals surface area contributed by atoms with E-state index < -0.39 is 11.7 Å². The average Bonchev–Trinajstić information content (AvgIpc) is 3.83. The molecule has 228 valence electrons. The molecule has 1 N–H and O–H groups in total. The molecule has 9 nitrogen and oxygen atoms in total. The molecule has 5 aromatic rings. The van der Waals surface area contributed by atoms with Crippen LogP contribution in [-0.2, 0) is 11.3 Å². The highest BCUT2D eigenvalue weighted by atomic mass is 35.5. The maximum Gasteiger partial charge on any atom is 0.254 e. The molecule has 45 heavy (non-hydrogen) atoms. The Kier molecular flexibility index (Phi) is 9.24. The zero-order chi connectivity index (χ0) is 31.3. The minimum atomic E-state index is -0.624. The second-order valence-electron chi connectivity index (χ2n) is 9.92. The number of benzene rings is 3. The summed E-state index contributed by atoms with van der Waals surface area (Å²) in [5.74, 6) is -0.286. The summed E-state index contributed by atoms with van der Waals surface area (Å²) in [5, 5.41) is 20.5. The summed E-state index contributed by atoms with van der Waals surface area (Å²) in [6.45, 7) is -0.0404. The molecular formula is C32H26ClFN6O3S2. The predicted molar refractivity (Wildman–Crippen MR) is 173 cm³/mol. The van der Waals surface area contributed by atoms with E-state index >= 15 is 0 Å². The zero-order valence-electron chi connectivity index (χ0n) is 23.9. The summed E-state index contributed by atoms with van der Waals surface area (Å²) in [6, 6.07) is 24.1. The van der Waals surface area contributed by atoms with Crippen molar-refractivity contribution in [1.82, 2.24) is 25.1 Å². The third kappa shape index (κ3) is 6.77. The molecule has 0 bridgehead atoms. The van der Waals surface area contributed by atoms with Gasteiger partial charge in [-0.05, 0) is 59.5 Å². The molecule has 3 heterocycles. The molecule has 13 heteroatoms. The largest absolute Gasteiger partial charge is 0.497 e. The average molecular weight is 661 g/mol. The third-order valence-corrected chi connectivity index (χ3v) is 9.16. The first-order chi connectivity index (χ1) is 21.9. The highest BCUT2D eigenvalue weighted by Gasteiger charge is 2.34. The number of carbonyl (C=O) groups excluding carboxylic acids is 2. The molecule has 1 unspecified atom stereocenters. The first-order valence-corrected chi connectivity index (χ1v) is 16.1. The number of halogens is 2. The van der Waals surface area contributed by atoms with Crippen LogP contribution in [0.25, 0.3) is 5.69 Å². The van der Waals surface area contributed by atoms with Crippen molar-refractivity contribution in [3.8, 4) is 11.4 Å². The quantitative estimate of drug-likeness (QED) is 0.171. The number of hydrazone groups is 1. The second-order valence-corrected chi connectivity index (χ2v) is 12.2. The minimum absolute atomic E-state index is 0.0220. The Labute approximate surface area is 271 Å². The minimum Gasteiger partial charge on any atom is -0.497 e. The lowest BCUT2D eigenvalue weighted by atomic mass is 10.0. The van der Waals surface area contributed by atoms with Crippen LogP contribution >= 0.6 is 34.7 Å². The highest BCUT2D eigenvalue weighted by Crippen LogP contribution is 2.35. The van der Waals surface area contributed by atoms with Crippen LogP contribution < -0.4 is 10.1 Å². The molecule has 3 aromatic carbocycles. The van der Waals surface area contributed by atoms with E-state index in [0.717, 1.165) is 21.9 Å². The van der Waals surface area contributed by atoms with Gasteiger partial charge in [-0.3, -0.25) is 14.2 Å². The van der Waals surface area contributed by atoms with Crippen LogP contribution in [0.3, 0.4) is 0 Å². The first kappa shape index (κ1) is 30.5. The number of carbonyl (C=O) groups is 2. The number of aromatic nitrogens is 3. The van der Waals surface area contributed by atoms with E-state index in [1.807, 2.05) is 47.8 Å². The van der Waals surface area contributed by atoms with Gasteiger partial charge >= 0.3 is 0 Å². The van der Waals surface area contributed by atoms with Crippen LogP contribution in [0.1, 0.15) is 39.1 Å². The summed E-state index contributed by atoms with van der Waals surface area (Å²) >= 11 is 9.07. The van der Waals surface area contributed by atoms with E-state index in [1.54, 1.807) is 52.3 Å². The van der Waals surface area contributed by atoms with Crippen LogP contribution in [0.5, 0.6) is 5.75 Å².